The van der Waals surface area contributed by atoms with Crippen LogP contribution >= 0.6 is 0 Å². The minimum absolute atomic E-state index is 0.351. The Bertz CT molecular complexity index is 942. The fourth-order valence-corrected chi connectivity index (χ4v) is 2.56. The second kappa shape index (κ2) is 7.09. The van der Waals surface area contributed by atoms with Crippen LogP contribution in [0.15, 0.2) is 49.4 Å². The van der Waals surface area contributed by atoms with Gasteiger partial charge in [0, 0.05) is 0 Å². The van der Waals surface area contributed by atoms with Crippen LogP contribution < -0.4 is 0 Å². The summed E-state index contributed by atoms with van der Waals surface area (Å²) in [4.78, 5) is 31.2. The van der Waals surface area contributed by atoms with E-state index in [0.29, 0.717) is 29.0 Å². The monoisotopic (exact) mass is 335 g/mol. The second-order valence-corrected chi connectivity index (χ2v) is 5.60. The molecule has 2 heterocycles. The molecule has 0 unspecified atom stereocenters. The number of ether oxygens (including phenoxy) is 1. The van der Waals surface area contributed by atoms with Crippen molar-refractivity contribution >= 4 is 23.5 Å². The zero-order chi connectivity index (χ0) is 17.8. The highest BCUT2D eigenvalue weighted by molar-refractivity contribution is 5.89. The standard InChI is InChI=1S/C19H17N3O3/c1-13(3-4-14-5-7-15(8-6-14)19(24)25-2)17-9-16(11-23)22-12-20-10-18(22)21-17/h5-12H,1,3-4H2,2H3. The van der Waals surface area contributed by atoms with Crippen molar-refractivity contribution in [2.75, 3.05) is 7.11 Å². The van der Waals surface area contributed by atoms with Crippen LogP contribution in [0.25, 0.3) is 11.2 Å². The summed E-state index contributed by atoms with van der Waals surface area (Å²) in [5.74, 6) is -0.351. The molecule has 0 spiro atoms. The Balaban J connectivity index is 1.72. The predicted molar refractivity (Wildman–Crippen MR) is 93.5 cm³/mol. The average Bonchev–Trinajstić information content (AvgIpc) is 3.13. The van der Waals surface area contributed by atoms with E-state index in [1.807, 2.05) is 12.1 Å². The Morgan fingerprint density at radius 3 is 2.76 bits per heavy atom. The zero-order valence-corrected chi connectivity index (χ0v) is 13.8. The fourth-order valence-electron chi connectivity index (χ4n) is 2.56. The lowest BCUT2D eigenvalue weighted by atomic mass is 10.0. The molecule has 0 bridgehead atoms. The van der Waals surface area contributed by atoms with Crippen molar-refractivity contribution in [3.63, 3.8) is 0 Å². The molecule has 0 N–H and O–H groups in total. The number of aldehydes is 1. The Hall–Kier alpha value is -3.28. The van der Waals surface area contributed by atoms with Crippen molar-refractivity contribution in [2.24, 2.45) is 0 Å². The normalized spacial score (nSPS) is 10.6. The van der Waals surface area contributed by atoms with Gasteiger partial charge in [-0.25, -0.2) is 14.8 Å². The van der Waals surface area contributed by atoms with Gasteiger partial charge < -0.3 is 4.74 Å². The number of nitrogens with zero attached hydrogens (tertiary/aromatic N) is 3. The molecule has 0 saturated carbocycles. The molecule has 126 valence electrons. The molecular formula is C19H17N3O3. The Morgan fingerprint density at radius 1 is 1.32 bits per heavy atom. The van der Waals surface area contributed by atoms with Gasteiger partial charge in [0.1, 0.15) is 6.33 Å². The summed E-state index contributed by atoms with van der Waals surface area (Å²) < 4.78 is 6.32. The molecule has 1 aromatic carbocycles. The van der Waals surface area contributed by atoms with Gasteiger partial charge in [0.05, 0.1) is 30.3 Å². The SMILES string of the molecule is C=C(CCc1ccc(C(=O)OC)cc1)c1cc(C=O)n2cncc2n1. The summed E-state index contributed by atoms with van der Waals surface area (Å²) in [5.41, 5.74) is 4.22. The van der Waals surface area contributed by atoms with E-state index in [9.17, 15) is 9.59 Å². The summed E-state index contributed by atoms with van der Waals surface area (Å²) >= 11 is 0. The van der Waals surface area contributed by atoms with Crippen LogP contribution in [0.4, 0.5) is 0 Å². The maximum atomic E-state index is 11.4. The van der Waals surface area contributed by atoms with Gasteiger partial charge in [-0.05, 0) is 42.2 Å². The Kier molecular flexibility index (Phi) is 4.70. The van der Waals surface area contributed by atoms with E-state index < -0.39 is 0 Å². The van der Waals surface area contributed by atoms with Crippen LogP contribution in [0.5, 0.6) is 0 Å². The van der Waals surface area contributed by atoms with Crippen LogP contribution in [0.3, 0.4) is 0 Å². The lowest BCUT2D eigenvalue weighted by Gasteiger charge is -2.08. The molecule has 0 aliphatic heterocycles. The van der Waals surface area contributed by atoms with E-state index in [1.165, 1.54) is 7.11 Å². The molecule has 6 nitrogen and oxygen atoms in total. The van der Waals surface area contributed by atoms with E-state index in [2.05, 4.69) is 21.3 Å². The summed E-state index contributed by atoms with van der Waals surface area (Å²) in [6.07, 6.45) is 5.38. The number of imidazole rings is 1. The van der Waals surface area contributed by atoms with Gasteiger partial charge in [-0.1, -0.05) is 18.7 Å². The van der Waals surface area contributed by atoms with Gasteiger partial charge in [-0.3, -0.25) is 9.20 Å². The first-order chi connectivity index (χ1) is 12.1. The highest BCUT2D eigenvalue weighted by Crippen LogP contribution is 2.19. The third kappa shape index (κ3) is 3.47. The first-order valence-electron chi connectivity index (χ1n) is 7.76. The highest BCUT2D eigenvalue weighted by Gasteiger charge is 2.09. The van der Waals surface area contributed by atoms with Gasteiger partial charge in [-0.15, -0.1) is 0 Å². The van der Waals surface area contributed by atoms with Crippen molar-refractivity contribution in [3.8, 4) is 0 Å². The quantitative estimate of drug-likeness (QED) is 0.511. The lowest BCUT2D eigenvalue weighted by molar-refractivity contribution is 0.0600. The maximum Gasteiger partial charge on any atom is 0.337 e. The predicted octanol–water partition coefficient (Wildman–Crippen LogP) is 2.97. The smallest absolute Gasteiger partial charge is 0.337 e. The van der Waals surface area contributed by atoms with Gasteiger partial charge in [0.15, 0.2) is 11.9 Å². The van der Waals surface area contributed by atoms with Crippen LogP contribution in [-0.4, -0.2) is 33.7 Å². The number of rotatable bonds is 6. The molecule has 0 radical (unpaired) electrons. The molecule has 0 fully saturated rings. The van der Waals surface area contributed by atoms with E-state index in [4.69, 9.17) is 0 Å². The minimum Gasteiger partial charge on any atom is -0.465 e. The molecule has 3 aromatic rings. The zero-order valence-electron chi connectivity index (χ0n) is 13.8. The molecule has 0 aliphatic rings. The van der Waals surface area contributed by atoms with Crippen molar-refractivity contribution in [3.05, 3.63) is 71.9 Å². The molecule has 0 saturated heterocycles. The number of esters is 1. The number of methoxy groups -OCH3 is 1. The summed E-state index contributed by atoms with van der Waals surface area (Å²) in [6.45, 7) is 4.08. The number of aromatic nitrogens is 3. The average molecular weight is 335 g/mol. The topological polar surface area (TPSA) is 73.6 Å². The van der Waals surface area contributed by atoms with Crippen LogP contribution in [0.2, 0.25) is 0 Å². The third-order valence-corrected chi connectivity index (χ3v) is 3.99. The largest absolute Gasteiger partial charge is 0.465 e. The molecule has 3 rings (SSSR count). The summed E-state index contributed by atoms with van der Waals surface area (Å²) in [5, 5.41) is 0. The van der Waals surface area contributed by atoms with Gasteiger partial charge in [-0.2, -0.15) is 0 Å². The molecule has 25 heavy (non-hydrogen) atoms. The Labute approximate surface area is 144 Å². The van der Waals surface area contributed by atoms with Crippen molar-refractivity contribution in [1.82, 2.24) is 14.4 Å². The number of hydrogen-bond donors (Lipinski definition) is 0. The molecule has 0 atom stereocenters. The first-order valence-corrected chi connectivity index (χ1v) is 7.76. The molecule has 0 amide bonds. The third-order valence-electron chi connectivity index (χ3n) is 3.99. The molecule has 2 aromatic heterocycles. The Morgan fingerprint density at radius 2 is 2.08 bits per heavy atom. The fraction of sp³-hybridized carbons (Fsp3) is 0.158. The lowest BCUT2D eigenvalue weighted by Crippen LogP contribution is -2.02. The van der Waals surface area contributed by atoms with Gasteiger partial charge in [0.2, 0.25) is 0 Å². The first kappa shape index (κ1) is 16.6. The summed E-state index contributed by atoms with van der Waals surface area (Å²) in [7, 11) is 1.36. The van der Waals surface area contributed by atoms with E-state index >= 15 is 0 Å². The van der Waals surface area contributed by atoms with Crippen LogP contribution in [0, 0.1) is 0 Å². The highest BCUT2D eigenvalue weighted by atomic mass is 16.5. The number of carbonyl (C=O) groups is 2. The second-order valence-electron chi connectivity index (χ2n) is 5.60. The van der Waals surface area contributed by atoms with Crippen LogP contribution in [0.1, 0.15) is 38.5 Å². The number of aryl methyl sites for hydroxylation is 1. The van der Waals surface area contributed by atoms with Crippen molar-refractivity contribution in [1.29, 1.82) is 0 Å². The van der Waals surface area contributed by atoms with Gasteiger partial charge >= 0.3 is 5.97 Å². The van der Waals surface area contributed by atoms with Crippen LogP contribution in [-0.2, 0) is 11.2 Å². The summed E-state index contributed by atoms with van der Waals surface area (Å²) in [6, 6.07) is 8.98. The minimum atomic E-state index is -0.351. The number of hydrogen-bond acceptors (Lipinski definition) is 5. The van der Waals surface area contributed by atoms with E-state index in [-0.39, 0.29) is 5.97 Å². The molecular weight excluding hydrogens is 318 g/mol. The number of fused-ring (bicyclic) bond motifs is 1. The maximum absolute atomic E-state index is 11.4. The van der Waals surface area contributed by atoms with E-state index in [0.717, 1.165) is 23.8 Å². The van der Waals surface area contributed by atoms with Gasteiger partial charge in [0.25, 0.3) is 0 Å². The molecule has 6 heteroatoms. The molecule has 0 aliphatic carbocycles. The number of benzene rings is 1. The number of carbonyl (C=O) groups excluding carboxylic acids is 2. The van der Waals surface area contributed by atoms with Crippen molar-refractivity contribution < 1.29 is 14.3 Å². The number of allylic oxidation sites excluding steroid dienone is 1. The van der Waals surface area contributed by atoms with E-state index in [1.54, 1.807) is 35.1 Å². The van der Waals surface area contributed by atoms with Crippen molar-refractivity contribution in [2.45, 2.75) is 12.8 Å².